The van der Waals surface area contributed by atoms with E-state index in [1.807, 2.05) is 65.2 Å². The topological polar surface area (TPSA) is 195 Å². The van der Waals surface area contributed by atoms with E-state index in [4.69, 9.17) is 33.2 Å². The highest BCUT2D eigenvalue weighted by Gasteiger charge is 2.52. The standard InChI is InChI=1S/C46H78N2O13/c1-14-35-46(10,54)39(50)26(2)24-47-27(3)22-44(8,53)41(29(5)38(30(6)42(52)59-35)60-37-23-45(9,55-13)40(51)31(7)58-37)61-43-33(34(48(11)12)20-28(4)57-43)21-36(49)56-25-32-18-16-15-17-19-32/h15-19,26-31,33-35,37-41,43,47,50-51,53-54H,14,20-25H2,1-13H3/t26-,27+,28+,29-,30?,31-,33+,34-,35+,37?,38+,39+,40-,41+,43-,44-,45+,46+/m0/s1. The highest BCUT2D eigenvalue weighted by atomic mass is 16.7. The highest BCUT2D eigenvalue weighted by molar-refractivity contribution is 5.73. The zero-order valence-electron chi connectivity index (χ0n) is 38.9. The number of nitrogens with one attached hydrogen (secondary N) is 1. The molecule has 1 aromatic carbocycles. The molecule has 0 aliphatic carbocycles. The molecule has 3 heterocycles. The van der Waals surface area contributed by atoms with Crippen molar-refractivity contribution in [1.82, 2.24) is 10.2 Å². The number of carbonyl (C=O) groups excluding carboxylic acids is 2. The number of carbonyl (C=O) groups is 2. The minimum absolute atomic E-state index is 0.0266. The second kappa shape index (κ2) is 21.6. The number of esters is 2. The van der Waals surface area contributed by atoms with Gasteiger partial charge in [-0.1, -0.05) is 51.1 Å². The number of ether oxygens (including phenoxy) is 7. The summed E-state index contributed by atoms with van der Waals surface area (Å²) in [7, 11) is 5.40. The molecule has 15 nitrogen and oxygen atoms in total. The summed E-state index contributed by atoms with van der Waals surface area (Å²) in [6, 6.07) is 8.96. The SMILES string of the molecule is CC[C@H]1OC(=O)C(C)[C@H](OC2C[C@@](C)(OC)[C@@H](O)[C@H](C)O2)[C@H](C)[C@@H](O[C@@H]2O[C@H](C)C[C@H](N(C)C)[C@H]2CC(=O)OCc2ccccc2)[C@@](C)(O)C[C@@H](C)NC[C@H](C)[C@@H](O)[C@]1(C)O. The minimum atomic E-state index is -1.80. The van der Waals surface area contributed by atoms with E-state index in [1.54, 1.807) is 41.5 Å². The van der Waals surface area contributed by atoms with Crippen LogP contribution in [0.15, 0.2) is 30.3 Å². The summed E-state index contributed by atoms with van der Waals surface area (Å²) in [5, 5.41) is 50.4. The van der Waals surface area contributed by atoms with E-state index in [2.05, 4.69) is 10.2 Å². The maximum Gasteiger partial charge on any atom is 0.311 e. The number of methoxy groups -OCH3 is 1. The van der Waals surface area contributed by atoms with Crippen molar-refractivity contribution >= 4 is 11.9 Å². The predicted molar refractivity (Wildman–Crippen MR) is 228 cm³/mol. The largest absolute Gasteiger partial charge is 0.461 e. The van der Waals surface area contributed by atoms with Gasteiger partial charge in [0, 0.05) is 44.0 Å². The molecule has 3 fully saturated rings. The lowest BCUT2D eigenvalue weighted by molar-refractivity contribution is -0.313. The third kappa shape index (κ3) is 12.7. The number of cyclic esters (lactones) is 1. The van der Waals surface area contributed by atoms with Gasteiger partial charge in [0.05, 0.1) is 54.1 Å². The first kappa shape index (κ1) is 51.4. The number of nitrogens with zero attached hydrogens (tertiary/aromatic N) is 1. The summed E-state index contributed by atoms with van der Waals surface area (Å²) in [6.07, 6.45) is -7.34. The van der Waals surface area contributed by atoms with E-state index in [-0.39, 0.29) is 57.0 Å². The van der Waals surface area contributed by atoms with Crippen LogP contribution in [0.3, 0.4) is 0 Å². The predicted octanol–water partition coefficient (Wildman–Crippen LogP) is 3.95. The molecule has 0 aromatic heterocycles. The van der Waals surface area contributed by atoms with Crippen LogP contribution < -0.4 is 5.32 Å². The third-order valence-corrected chi connectivity index (χ3v) is 13.6. The number of rotatable bonds is 11. The Labute approximate surface area is 364 Å². The van der Waals surface area contributed by atoms with E-state index in [9.17, 15) is 30.0 Å². The molecule has 4 rings (SSSR count). The van der Waals surface area contributed by atoms with Crippen LogP contribution in [-0.2, 0) is 49.4 Å². The maximum atomic E-state index is 14.4. The van der Waals surface area contributed by atoms with E-state index in [1.165, 1.54) is 14.0 Å². The van der Waals surface area contributed by atoms with Crippen molar-refractivity contribution in [1.29, 1.82) is 0 Å². The summed E-state index contributed by atoms with van der Waals surface area (Å²) in [5.74, 6) is -3.94. The lowest BCUT2D eigenvalue weighted by Crippen LogP contribution is -2.60. The fraction of sp³-hybridized carbons (Fsp3) is 0.826. The molecule has 1 aromatic rings. The van der Waals surface area contributed by atoms with Crippen molar-refractivity contribution in [3.63, 3.8) is 0 Å². The Morgan fingerprint density at radius 2 is 1.61 bits per heavy atom. The van der Waals surface area contributed by atoms with Crippen molar-refractivity contribution in [2.24, 2.45) is 23.7 Å². The smallest absolute Gasteiger partial charge is 0.311 e. The van der Waals surface area contributed by atoms with Crippen LogP contribution in [0.4, 0.5) is 0 Å². The third-order valence-electron chi connectivity index (χ3n) is 13.6. The molecular formula is C46H78N2O13. The summed E-state index contributed by atoms with van der Waals surface area (Å²) < 4.78 is 44.3. The molecule has 0 amide bonds. The van der Waals surface area contributed by atoms with Crippen molar-refractivity contribution < 1.29 is 63.2 Å². The zero-order chi connectivity index (χ0) is 45.6. The van der Waals surface area contributed by atoms with Gasteiger partial charge in [-0.25, -0.2) is 0 Å². The molecular weight excluding hydrogens is 789 g/mol. The Morgan fingerprint density at radius 1 is 0.951 bits per heavy atom. The number of aliphatic hydroxyl groups is 4. The summed E-state index contributed by atoms with van der Waals surface area (Å²) >= 11 is 0. The van der Waals surface area contributed by atoms with Crippen molar-refractivity contribution in [2.45, 2.75) is 192 Å². The van der Waals surface area contributed by atoms with E-state index >= 15 is 0 Å². The van der Waals surface area contributed by atoms with Crippen LogP contribution in [0, 0.1) is 23.7 Å². The highest BCUT2D eigenvalue weighted by Crippen LogP contribution is 2.41. The van der Waals surface area contributed by atoms with Gasteiger partial charge >= 0.3 is 11.9 Å². The molecule has 3 aliphatic rings. The molecule has 0 bridgehead atoms. The first-order valence-electron chi connectivity index (χ1n) is 22.2. The molecule has 0 radical (unpaired) electrons. The number of hydrogen-bond donors (Lipinski definition) is 5. The summed E-state index contributed by atoms with van der Waals surface area (Å²) in [4.78, 5) is 30.1. The van der Waals surface area contributed by atoms with Crippen LogP contribution >= 0.6 is 0 Å². The normalized spacial score (nSPS) is 43.5. The van der Waals surface area contributed by atoms with Gasteiger partial charge in [0.2, 0.25) is 0 Å². The van der Waals surface area contributed by atoms with Crippen molar-refractivity contribution in [3.8, 4) is 0 Å². The Bertz CT molecular complexity index is 1530. The van der Waals surface area contributed by atoms with Gasteiger partial charge < -0.3 is 63.8 Å². The first-order chi connectivity index (χ1) is 28.4. The van der Waals surface area contributed by atoms with Crippen LogP contribution in [0.2, 0.25) is 0 Å². The Morgan fingerprint density at radius 3 is 2.21 bits per heavy atom. The number of benzene rings is 1. The van der Waals surface area contributed by atoms with Crippen LogP contribution in [-0.4, -0.2) is 149 Å². The second-order valence-corrected chi connectivity index (χ2v) is 19.2. The van der Waals surface area contributed by atoms with Gasteiger partial charge in [0.1, 0.15) is 24.4 Å². The molecule has 3 saturated heterocycles. The molecule has 350 valence electrons. The average Bonchev–Trinajstić information content (AvgIpc) is 3.20. The lowest BCUT2D eigenvalue weighted by atomic mass is 9.78. The maximum absolute atomic E-state index is 14.4. The molecule has 5 N–H and O–H groups in total. The number of aliphatic hydroxyl groups excluding tert-OH is 2. The summed E-state index contributed by atoms with van der Waals surface area (Å²) in [5.41, 5.74) is -3.62. The molecule has 3 aliphatic heterocycles. The van der Waals surface area contributed by atoms with Crippen molar-refractivity contribution in [3.05, 3.63) is 35.9 Å². The van der Waals surface area contributed by atoms with Crippen LogP contribution in [0.25, 0.3) is 0 Å². The molecule has 15 heteroatoms. The Kier molecular flexibility index (Phi) is 18.2. The monoisotopic (exact) mass is 867 g/mol. The molecule has 0 saturated carbocycles. The van der Waals surface area contributed by atoms with Crippen LogP contribution in [0.5, 0.6) is 0 Å². The first-order valence-corrected chi connectivity index (χ1v) is 22.2. The van der Waals surface area contributed by atoms with E-state index < -0.39 is 102 Å². The van der Waals surface area contributed by atoms with Gasteiger partial charge in [-0.15, -0.1) is 0 Å². The molecule has 61 heavy (non-hydrogen) atoms. The quantitative estimate of drug-likeness (QED) is 0.201. The lowest BCUT2D eigenvalue weighted by Gasteiger charge is -2.49. The average molecular weight is 867 g/mol. The summed E-state index contributed by atoms with van der Waals surface area (Å²) in [6.45, 7) is 18.0. The van der Waals surface area contributed by atoms with Gasteiger partial charge in [0.25, 0.3) is 0 Å². The van der Waals surface area contributed by atoms with Gasteiger partial charge in [-0.2, -0.15) is 0 Å². The molecule has 2 unspecified atom stereocenters. The molecule has 18 atom stereocenters. The van der Waals surface area contributed by atoms with Crippen molar-refractivity contribution in [2.75, 3.05) is 27.7 Å². The molecule has 0 spiro atoms. The number of hydrogen-bond acceptors (Lipinski definition) is 15. The minimum Gasteiger partial charge on any atom is -0.461 e. The zero-order valence-corrected chi connectivity index (χ0v) is 38.9. The van der Waals surface area contributed by atoms with E-state index in [0.29, 0.717) is 6.42 Å². The van der Waals surface area contributed by atoms with Gasteiger partial charge in [-0.3, -0.25) is 9.59 Å². The Hall–Kier alpha value is -2.28. The van der Waals surface area contributed by atoms with Crippen LogP contribution in [0.1, 0.15) is 107 Å². The fourth-order valence-corrected chi connectivity index (χ4v) is 9.72. The van der Waals surface area contributed by atoms with Gasteiger partial charge in [-0.05, 0) is 93.3 Å². The second-order valence-electron chi connectivity index (χ2n) is 19.2. The Balaban J connectivity index is 1.81. The fourth-order valence-electron chi connectivity index (χ4n) is 9.72. The van der Waals surface area contributed by atoms with Gasteiger partial charge in [0.15, 0.2) is 12.6 Å². The van der Waals surface area contributed by atoms with E-state index in [0.717, 1.165) is 5.56 Å².